The van der Waals surface area contributed by atoms with E-state index in [1.165, 1.54) is 6.33 Å². The highest BCUT2D eigenvalue weighted by molar-refractivity contribution is 6.04. The van der Waals surface area contributed by atoms with Crippen LogP contribution >= 0.6 is 0 Å². The molecule has 0 amide bonds. The zero-order valence-electron chi connectivity index (χ0n) is 12.7. The maximum absolute atomic E-state index is 12.4. The van der Waals surface area contributed by atoms with Crippen LogP contribution in [0, 0.1) is 5.41 Å². The van der Waals surface area contributed by atoms with E-state index in [9.17, 15) is 9.59 Å². The van der Waals surface area contributed by atoms with Crippen LogP contribution in [0.5, 0.6) is 0 Å². The average Bonchev–Trinajstić information content (AvgIpc) is 2.90. The Bertz CT molecular complexity index is 526. The highest BCUT2D eigenvalue weighted by Gasteiger charge is 2.50. The van der Waals surface area contributed by atoms with Crippen molar-refractivity contribution in [2.24, 2.45) is 5.41 Å². The van der Waals surface area contributed by atoms with Gasteiger partial charge in [-0.25, -0.2) is 9.67 Å². The number of hydrogen-bond acceptors (Lipinski definition) is 6. The number of ether oxygens (including phenoxy) is 2. The molecule has 0 aromatic carbocycles. The Balaban J connectivity index is 2.34. The maximum Gasteiger partial charge on any atom is 0.322 e. The van der Waals surface area contributed by atoms with Crippen LogP contribution in [-0.4, -0.2) is 46.3 Å². The van der Waals surface area contributed by atoms with Crippen molar-refractivity contribution in [3.63, 3.8) is 0 Å². The van der Waals surface area contributed by atoms with Gasteiger partial charge in [0.2, 0.25) is 0 Å². The molecule has 1 fully saturated rings. The normalized spacial score (nSPS) is 22.6. The fraction of sp³-hybridized carbons (Fsp3) is 0.714. The Hall–Kier alpha value is -1.76. The van der Waals surface area contributed by atoms with Gasteiger partial charge in [-0.3, -0.25) is 9.59 Å². The Morgan fingerprint density at radius 2 is 2.33 bits per heavy atom. The summed E-state index contributed by atoms with van der Waals surface area (Å²) in [5.41, 5.74) is -1.30. The van der Waals surface area contributed by atoms with E-state index in [2.05, 4.69) is 10.1 Å². The van der Waals surface area contributed by atoms with Gasteiger partial charge >= 0.3 is 5.97 Å². The van der Waals surface area contributed by atoms with E-state index in [4.69, 9.17) is 9.47 Å². The van der Waals surface area contributed by atoms with Crippen LogP contribution in [0.1, 0.15) is 39.1 Å². The van der Waals surface area contributed by atoms with E-state index in [-0.39, 0.29) is 37.9 Å². The zero-order chi connectivity index (χ0) is 15.5. The number of ketones is 1. The van der Waals surface area contributed by atoms with Crippen LogP contribution in [0.4, 0.5) is 0 Å². The van der Waals surface area contributed by atoms with Gasteiger partial charge in [0, 0.05) is 18.9 Å². The lowest BCUT2D eigenvalue weighted by Crippen LogP contribution is -2.50. The van der Waals surface area contributed by atoms with Crippen LogP contribution in [-0.2, 0) is 25.5 Å². The number of carbonyl (C=O) groups is 2. The molecular weight excluding hydrogens is 274 g/mol. The Kier molecular flexibility index (Phi) is 4.72. The van der Waals surface area contributed by atoms with Gasteiger partial charge in [0.25, 0.3) is 0 Å². The summed E-state index contributed by atoms with van der Waals surface area (Å²) in [6.07, 6.45) is 1.81. The highest BCUT2D eigenvalue weighted by atomic mass is 16.5. The molecule has 1 saturated heterocycles. The zero-order valence-corrected chi connectivity index (χ0v) is 12.7. The van der Waals surface area contributed by atoms with Gasteiger partial charge in [0.15, 0.2) is 11.2 Å². The molecule has 1 aliphatic heterocycles. The first kappa shape index (κ1) is 15.6. The van der Waals surface area contributed by atoms with E-state index < -0.39 is 11.4 Å². The minimum absolute atomic E-state index is 0.0373. The van der Waals surface area contributed by atoms with Crippen molar-refractivity contribution in [2.75, 3.05) is 19.8 Å². The van der Waals surface area contributed by atoms with E-state index in [0.717, 1.165) is 0 Å². The molecule has 2 rings (SSSR count). The molecule has 1 aliphatic rings. The monoisotopic (exact) mass is 295 g/mol. The standard InChI is InChI=1S/C14H21N3O4/c1-4-21-13(19)14(8-20-6-5-11(14)18)7-12-15-9-16-17(12)10(2)3/h9-10H,4-8H2,1-3H3. The minimum Gasteiger partial charge on any atom is -0.465 e. The van der Waals surface area contributed by atoms with Crippen LogP contribution in [0.25, 0.3) is 0 Å². The summed E-state index contributed by atoms with van der Waals surface area (Å²) in [4.78, 5) is 28.9. The van der Waals surface area contributed by atoms with Crippen LogP contribution in [0.2, 0.25) is 0 Å². The van der Waals surface area contributed by atoms with Crippen molar-refractivity contribution >= 4 is 11.8 Å². The summed E-state index contributed by atoms with van der Waals surface area (Å²) in [5, 5.41) is 4.14. The summed E-state index contributed by atoms with van der Waals surface area (Å²) < 4.78 is 12.2. The molecule has 0 aliphatic carbocycles. The number of nitrogens with zero attached hydrogens (tertiary/aromatic N) is 3. The minimum atomic E-state index is -1.30. The van der Waals surface area contributed by atoms with E-state index in [1.54, 1.807) is 11.6 Å². The summed E-state index contributed by atoms with van der Waals surface area (Å²) in [6.45, 7) is 6.26. The van der Waals surface area contributed by atoms with Gasteiger partial charge in [-0.15, -0.1) is 0 Å². The molecule has 0 bridgehead atoms. The first-order valence-electron chi connectivity index (χ1n) is 7.18. The third-order valence-corrected chi connectivity index (χ3v) is 3.62. The van der Waals surface area contributed by atoms with Gasteiger partial charge < -0.3 is 9.47 Å². The molecule has 1 unspecified atom stereocenters. The first-order chi connectivity index (χ1) is 10.0. The molecule has 116 valence electrons. The van der Waals surface area contributed by atoms with E-state index in [0.29, 0.717) is 12.4 Å². The first-order valence-corrected chi connectivity index (χ1v) is 7.18. The van der Waals surface area contributed by atoms with Crippen LogP contribution in [0.15, 0.2) is 6.33 Å². The van der Waals surface area contributed by atoms with E-state index in [1.807, 2.05) is 13.8 Å². The van der Waals surface area contributed by atoms with Crippen molar-refractivity contribution in [1.82, 2.24) is 14.8 Å². The largest absolute Gasteiger partial charge is 0.465 e. The molecule has 7 nitrogen and oxygen atoms in total. The fourth-order valence-electron chi connectivity index (χ4n) is 2.50. The number of rotatable bonds is 5. The second kappa shape index (κ2) is 6.34. The lowest BCUT2D eigenvalue weighted by Gasteiger charge is -2.32. The smallest absolute Gasteiger partial charge is 0.322 e. The van der Waals surface area contributed by atoms with Gasteiger partial charge in [-0.1, -0.05) is 0 Å². The van der Waals surface area contributed by atoms with Gasteiger partial charge in [-0.2, -0.15) is 5.10 Å². The fourth-order valence-corrected chi connectivity index (χ4v) is 2.50. The van der Waals surface area contributed by atoms with Crippen LogP contribution in [0.3, 0.4) is 0 Å². The predicted octanol–water partition coefficient (Wildman–Crippen LogP) is 0.940. The molecule has 1 aromatic rings. The molecule has 0 saturated carbocycles. The third-order valence-electron chi connectivity index (χ3n) is 3.62. The molecule has 21 heavy (non-hydrogen) atoms. The van der Waals surface area contributed by atoms with Gasteiger partial charge in [0.05, 0.1) is 19.8 Å². The summed E-state index contributed by atoms with van der Waals surface area (Å²) in [7, 11) is 0. The predicted molar refractivity (Wildman–Crippen MR) is 73.6 cm³/mol. The number of Topliss-reactive ketones (excluding diaryl/α,β-unsaturated/α-hetero) is 1. The lowest BCUT2D eigenvalue weighted by molar-refractivity contribution is -0.169. The Morgan fingerprint density at radius 1 is 1.57 bits per heavy atom. The molecule has 1 atom stereocenters. The molecule has 0 spiro atoms. The quantitative estimate of drug-likeness (QED) is 0.594. The Labute approximate surface area is 123 Å². The second-order valence-corrected chi connectivity index (χ2v) is 5.42. The third kappa shape index (κ3) is 2.97. The topological polar surface area (TPSA) is 83.3 Å². The maximum atomic E-state index is 12.4. The number of carbonyl (C=O) groups excluding carboxylic acids is 2. The molecule has 0 N–H and O–H groups in total. The second-order valence-electron chi connectivity index (χ2n) is 5.42. The SMILES string of the molecule is CCOC(=O)C1(Cc2ncnn2C(C)C)COCCC1=O. The van der Waals surface area contributed by atoms with E-state index >= 15 is 0 Å². The molecule has 7 heteroatoms. The highest BCUT2D eigenvalue weighted by Crippen LogP contribution is 2.31. The summed E-state index contributed by atoms with van der Waals surface area (Å²) >= 11 is 0. The van der Waals surface area contributed by atoms with Crippen LogP contribution < -0.4 is 0 Å². The number of hydrogen-bond donors (Lipinski definition) is 0. The summed E-state index contributed by atoms with van der Waals surface area (Å²) in [6, 6.07) is 0.0985. The van der Waals surface area contributed by atoms with Crippen molar-refractivity contribution in [1.29, 1.82) is 0 Å². The summed E-state index contributed by atoms with van der Waals surface area (Å²) in [5.74, 6) is -0.0876. The lowest BCUT2D eigenvalue weighted by atomic mass is 9.78. The molecule has 0 radical (unpaired) electrons. The van der Waals surface area contributed by atoms with Crippen molar-refractivity contribution in [3.05, 3.63) is 12.2 Å². The Morgan fingerprint density at radius 3 is 2.95 bits per heavy atom. The number of esters is 1. The molecular formula is C14H21N3O4. The van der Waals surface area contributed by atoms with Crippen molar-refractivity contribution < 1.29 is 19.1 Å². The van der Waals surface area contributed by atoms with Crippen molar-refractivity contribution in [2.45, 2.75) is 39.7 Å². The van der Waals surface area contributed by atoms with Gasteiger partial charge in [-0.05, 0) is 20.8 Å². The number of aromatic nitrogens is 3. The van der Waals surface area contributed by atoms with Gasteiger partial charge in [0.1, 0.15) is 12.2 Å². The molecule has 1 aromatic heterocycles. The average molecular weight is 295 g/mol. The van der Waals surface area contributed by atoms with Crippen molar-refractivity contribution in [3.8, 4) is 0 Å². The molecule has 2 heterocycles.